The van der Waals surface area contributed by atoms with Crippen LogP contribution in [0.1, 0.15) is 14.5 Å². The number of hydrogen-bond donors (Lipinski definition) is 2. The number of hydrogen-bond acceptors (Lipinski definition) is 5. The third-order valence-corrected chi connectivity index (χ3v) is 3.52. The Morgan fingerprint density at radius 3 is 2.80 bits per heavy atom. The minimum absolute atomic E-state index is 0.102. The van der Waals surface area contributed by atoms with Gasteiger partial charge in [0, 0.05) is 25.0 Å². The Kier molecular flexibility index (Phi) is 6.31. The highest BCUT2D eigenvalue weighted by Crippen LogP contribution is 2.31. The van der Waals surface area contributed by atoms with E-state index < -0.39 is 18.6 Å². The van der Waals surface area contributed by atoms with Crippen molar-refractivity contribution in [1.29, 1.82) is 0 Å². The molecular weight excluding hydrogens is 290 g/mol. The molecule has 5 nitrogen and oxygen atoms in total. The molecule has 1 unspecified atom stereocenters. The van der Waals surface area contributed by atoms with Crippen molar-refractivity contribution in [2.45, 2.75) is 19.6 Å². The largest absolute Gasteiger partial charge is 0.433 e. The maximum atomic E-state index is 12.3. The predicted octanol–water partition coefficient (Wildman–Crippen LogP) is 1.31. The molecule has 114 valence electrons. The van der Waals surface area contributed by atoms with E-state index in [0.717, 1.165) is 11.3 Å². The molecule has 0 saturated heterocycles. The lowest BCUT2D eigenvalue weighted by atomic mass is 10.3. The second-order valence-electron chi connectivity index (χ2n) is 4.33. The number of aliphatic hydroxyl groups excluding tert-OH is 1. The first-order chi connectivity index (χ1) is 9.35. The normalized spacial score (nSPS) is 12.6. The van der Waals surface area contributed by atoms with E-state index in [1.54, 1.807) is 14.0 Å². The molecule has 0 aliphatic heterocycles. The second kappa shape index (κ2) is 7.51. The highest BCUT2D eigenvalue weighted by atomic mass is 32.1. The van der Waals surface area contributed by atoms with E-state index in [-0.39, 0.29) is 17.2 Å². The first kappa shape index (κ1) is 16.8. The van der Waals surface area contributed by atoms with Gasteiger partial charge in [0.2, 0.25) is 0 Å². The number of carbonyl (C=O) groups is 1. The summed E-state index contributed by atoms with van der Waals surface area (Å²) in [5.41, 5.74) is 0. The minimum atomic E-state index is -2.98. The molecule has 0 aromatic carbocycles. The van der Waals surface area contributed by atoms with Crippen LogP contribution in [-0.2, 0) is 0 Å². The monoisotopic (exact) mass is 308 g/mol. The average Bonchev–Trinajstić information content (AvgIpc) is 2.68. The Morgan fingerprint density at radius 1 is 1.60 bits per heavy atom. The first-order valence-electron chi connectivity index (χ1n) is 5.98. The SMILES string of the molecule is CNCC(O)CN(C)C(=O)c1sc(C)cc1OC(F)F. The zero-order chi connectivity index (χ0) is 15.3. The Balaban J connectivity index is 2.80. The maximum Gasteiger partial charge on any atom is 0.387 e. The third-order valence-electron chi connectivity index (χ3n) is 2.50. The molecule has 1 aromatic rings. The van der Waals surface area contributed by atoms with Crippen molar-refractivity contribution in [2.75, 3.05) is 27.2 Å². The topological polar surface area (TPSA) is 61.8 Å². The van der Waals surface area contributed by atoms with Crippen molar-refractivity contribution < 1.29 is 23.4 Å². The van der Waals surface area contributed by atoms with E-state index in [9.17, 15) is 18.7 Å². The number of halogens is 2. The summed E-state index contributed by atoms with van der Waals surface area (Å²) in [5.74, 6) is -0.573. The highest BCUT2D eigenvalue weighted by Gasteiger charge is 2.23. The van der Waals surface area contributed by atoms with Gasteiger partial charge in [-0.25, -0.2) is 0 Å². The lowest BCUT2D eigenvalue weighted by Crippen LogP contribution is -2.38. The fourth-order valence-corrected chi connectivity index (χ4v) is 2.63. The van der Waals surface area contributed by atoms with Crippen LogP contribution in [0.5, 0.6) is 5.75 Å². The van der Waals surface area contributed by atoms with E-state index in [0.29, 0.717) is 11.4 Å². The van der Waals surface area contributed by atoms with Gasteiger partial charge in [-0.15, -0.1) is 11.3 Å². The molecule has 0 fully saturated rings. The van der Waals surface area contributed by atoms with Gasteiger partial charge in [-0.05, 0) is 20.0 Å². The molecule has 1 aromatic heterocycles. The van der Waals surface area contributed by atoms with Crippen LogP contribution < -0.4 is 10.1 Å². The zero-order valence-corrected chi connectivity index (χ0v) is 12.3. The maximum absolute atomic E-state index is 12.3. The lowest BCUT2D eigenvalue weighted by Gasteiger charge is -2.20. The van der Waals surface area contributed by atoms with E-state index in [4.69, 9.17) is 0 Å². The van der Waals surface area contributed by atoms with Gasteiger partial charge in [0.05, 0.1) is 6.10 Å². The van der Waals surface area contributed by atoms with Crippen LogP contribution in [-0.4, -0.2) is 55.8 Å². The van der Waals surface area contributed by atoms with E-state index >= 15 is 0 Å². The summed E-state index contributed by atoms with van der Waals surface area (Å²) in [4.78, 5) is 14.3. The molecule has 0 radical (unpaired) electrons. The third kappa shape index (κ3) is 4.69. The van der Waals surface area contributed by atoms with Crippen molar-refractivity contribution in [2.24, 2.45) is 0 Å². The molecule has 0 aliphatic carbocycles. The van der Waals surface area contributed by atoms with Crippen molar-refractivity contribution in [1.82, 2.24) is 10.2 Å². The summed E-state index contributed by atoms with van der Waals surface area (Å²) < 4.78 is 28.9. The summed E-state index contributed by atoms with van der Waals surface area (Å²) in [5, 5.41) is 12.4. The Labute approximate surface area is 120 Å². The number of ether oxygens (including phenoxy) is 1. The van der Waals surface area contributed by atoms with E-state index in [1.807, 2.05) is 0 Å². The number of alkyl halides is 2. The molecule has 1 atom stereocenters. The zero-order valence-electron chi connectivity index (χ0n) is 11.5. The number of rotatable bonds is 7. The van der Waals surface area contributed by atoms with Crippen LogP contribution in [0.2, 0.25) is 0 Å². The summed E-state index contributed by atoms with van der Waals surface area (Å²) in [6.07, 6.45) is -0.727. The average molecular weight is 308 g/mol. The van der Waals surface area contributed by atoms with Crippen LogP contribution in [0.4, 0.5) is 8.78 Å². The molecule has 0 aliphatic rings. The van der Waals surface area contributed by atoms with Crippen LogP contribution in [0.25, 0.3) is 0 Å². The van der Waals surface area contributed by atoms with Crippen LogP contribution in [0.3, 0.4) is 0 Å². The molecule has 0 bridgehead atoms. The van der Waals surface area contributed by atoms with Gasteiger partial charge in [-0.3, -0.25) is 4.79 Å². The van der Waals surface area contributed by atoms with Crippen LogP contribution in [0.15, 0.2) is 6.07 Å². The molecular formula is C12H18F2N2O3S. The molecule has 1 rings (SSSR count). The van der Waals surface area contributed by atoms with E-state index in [1.165, 1.54) is 18.0 Å². The van der Waals surface area contributed by atoms with Gasteiger partial charge in [0.15, 0.2) is 0 Å². The Morgan fingerprint density at radius 2 is 2.25 bits per heavy atom. The molecule has 20 heavy (non-hydrogen) atoms. The predicted molar refractivity (Wildman–Crippen MR) is 72.6 cm³/mol. The smallest absolute Gasteiger partial charge is 0.387 e. The molecule has 8 heteroatoms. The van der Waals surface area contributed by atoms with Crippen molar-refractivity contribution in [3.8, 4) is 5.75 Å². The number of nitrogens with one attached hydrogen (secondary N) is 1. The summed E-state index contributed by atoms with van der Waals surface area (Å²) in [7, 11) is 3.19. The van der Waals surface area contributed by atoms with Crippen LogP contribution >= 0.6 is 11.3 Å². The van der Waals surface area contributed by atoms with Crippen LogP contribution in [0, 0.1) is 6.92 Å². The standard InChI is InChI=1S/C12H18F2N2O3S/c1-7-4-9(19-12(13)14)10(20-7)11(18)16(3)6-8(17)5-15-2/h4,8,12,15,17H,5-6H2,1-3H3. The first-order valence-corrected chi connectivity index (χ1v) is 6.80. The summed E-state index contributed by atoms with van der Waals surface area (Å²) in [6, 6.07) is 1.40. The number of thiophene rings is 1. The second-order valence-corrected chi connectivity index (χ2v) is 5.58. The van der Waals surface area contributed by atoms with Gasteiger partial charge >= 0.3 is 6.61 Å². The number of likely N-dealkylation sites (N-methyl/N-ethyl adjacent to an activating group) is 2. The number of aryl methyl sites for hydroxylation is 1. The van der Waals surface area contributed by atoms with E-state index in [2.05, 4.69) is 10.1 Å². The molecule has 0 saturated carbocycles. The fraction of sp³-hybridized carbons (Fsp3) is 0.583. The number of amides is 1. The van der Waals surface area contributed by atoms with Crippen molar-refractivity contribution >= 4 is 17.2 Å². The summed E-state index contributed by atoms with van der Waals surface area (Å²) >= 11 is 1.09. The highest BCUT2D eigenvalue weighted by molar-refractivity contribution is 7.14. The quantitative estimate of drug-likeness (QED) is 0.797. The lowest BCUT2D eigenvalue weighted by molar-refractivity contribution is -0.0499. The van der Waals surface area contributed by atoms with Crippen molar-refractivity contribution in [3.63, 3.8) is 0 Å². The van der Waals surface area contributed by atoms with Gasteiger partial charge in [-0.1, -0.05) is 0 Å². The fourth-order valence-electron chi connectivity index (χ4n) is 1.70. The number of aliphatic hydroxyl groups is 1. The number of carbonyl (C=O) groups excluding carboxylic acids is 1. The summed E-state index contributed by atoms with van der Waals surface area (Å²) in [6.45, 7) is -0.835. The molecule has 1 amide bonds. The van der Waals surface area contributed by atoms with Gasteiger partial charge in [0.25, 0.3) is 5.91 Å². The van der Waals surface area contributed by atoms with Gasteiger partial charge in [0.1, 0.15) is 10.6 Å². The number of nitrogens with zero attached hydrogens (tertiary/aromatic N) is 1. The Bertz CT molecular complexity index is 454. The van der Waals surface area contributed by atoms with Gasteiger partial charge < -0.3 is 20.1 Å². The molecule has 2 N–H and O–H groups in total. The van der Waals surface area contributed by atoms with Crippen molar-refractivity contribution in [3.05, 3.63) is 15.8 Å². The molecule has 0 spiro atoms. The van der Waals surface area contributed by atoms with Gasteiger partial charge in [-0.2, -0.15) is 8.78 Å². The Hall–Kier alpha value is -1.25. The minimum Gasteiger partial charge on any atom is -0.433 e. The molecule has 1 heterocycles.